The Kier molecular flexibility index (Phi) is 5.37. The fourth-order valence-corrected chi connectivity index (χ4v) is 5.10. The van der Waals surface area contributed by atoms with Crippen LogP contribution in [0.1, 0.15) is 0 Å². The number of halogens is 4. The molecule has 0 radical (unpaired) electrons. The fourth-order valence-electron chi connectivity index (χ4n) is 3.78. The maximum Gasteiger partial charge on any atom is 0.0490 e. The van der Waals surface area contributed by atoms with Gasteiger partial charge in [-0.05, 0) is 87.3 Å². The highest BCUT2D eigenvalue weighted by Crippen LogP contribution is 2.38. The van der Waals surface area contributed by atoms with Crippen molar-refractivity contribution in [1.29, 1.82) is 0 Å². The van der Waals surface area contributed by atoms with Gasteiger partial charge in [-0.3, -0.25) is 0 Å². The molecule has 0 saturated heterocycles. The maximum absolute atomic E-state index is 6.67. The number of rotatable bonds is 2. The van der Waals surface area contributed by atoms with Crippen LogP contribution >= 0.6 is 55.1 Å². The molecule has 0 amide bonds. The molecule has 0 nitrogen and oxygen atoms in total. The summed E-state index contributed by atoms with van der Waals surface area (Å²) in [5, 5.41) is 5.98. The number of fused-ring (bicyclic) bond motifs is 2. The zero-order valence-corrected chi connectivity index (χ0v) is 20.3. The van der Waals surface area contributed by atoms with E-state index in [9.17, 15) is 0 Å². The lowest BCUT2D eigenvalue weighted by Crippen LogP contribution is -1.86. The van der Waals surface area contributed by atoms with Crippen molar-refractivity contribution < 1.29 is 0 Å². The molecule has 0 bridgehead atoms. The van der Waals surface area contributed by atoms with Crippen LogP contribution in [-0.4, -0.2) is 0 Å². The Morgan fingerprint density at radius 1 is 0.467 bits per heavy atom. The molecule has 0 N–H and O–H groups in total. The van der Waals surface area contributed by atoms with Gasteiger partial charge in [0.2, 0.25) is 0 Å². The summed E-state index contributed by atoms with van der Waals surface area (Å²) in [5.41, 5.74) is 4.15. The van der Waals surface area contributed by atoms with Gasteiger partial charge in [-0.2, -0.15) is 0 Å². The highest BCUT2D eigenvalue weighted by Gasteiger charge is 2.11. The molecule has 0 spiro atoms. The minimum atomic E-state index is 0.729. The second-order valence-electron chi connectivity index (χ2n) is 7.23. The summed E-state index contributed by atoms with van der Waals surface area (Å²) < 4.78 is 2.08. The molecule has 0 aromatic heterocycles. The Hall–Kier alpha value is -1.84. The maximum atomic E-state index is 6.67. The van der Waals surface area contributed by atoms with E-state index in [0.717, 1.165) is 62.8 Å². The summed E-state index contributed by atoms with van der Waals surface area (Å²) in [6.07, 6.45) is 0. The molecule has 0 fully saturated rings. The Morgan fingerprint density at radius 2 is 0.933 bits per heavy atom. The Balaban J connectivity index is 1.65. The van der Waals surface area contributed by atoms with Crippen LogP contribution in [0.4, 0.5) is 0 Å². The van der Waals surface area contributed by atoms with Gasteiger partial charge in [0, 0.05) is 30.1 Å². The Morgan fingerprint density at radius 3 is 1.40 bits per heavy atom. The first-order chi connectivity index (χ1) is 14.5. The highest BCUT2D eigenvalue weighted by atomic mass is 79.9. The molecule has 0 saturated carbocycles. The van der Waals surface area contributed by atoms with E-state index in [1.54, 1.807) is 0 Å². The monoisotopic (exact) mass is 554 g/mol. The van der Waals surface area contributed by atoms with Crippen LogP contribution in [0.15, 0.2) is 93.9 Å². The first-order valence-corrected chi connectivity index (χ1v) is 11.7. The molecule has 5 aromatic rings. The predicted molar refractivity (Wildman–Crippen MR) is 138 cm³/mol. The molecule has 5 rings (SSSR count). The van der Waals surface area contributed by atoms with E-state index in [1.165, 1.54) is 0 Å². The average molecular weight is 557 g/mol. The third kappa shape index (κ3) is 3.78. The van der Waals surface area contributed by atoms with E-state index in [0.29, 0.717) is 0 Å². The summed E-state index contributed by atoms with van der Waals surface area (Å²) in [6.45, 7) is 0. The van der Waals surface area contributed by atoms with Crippen LogP contribution in [-0.2, 0) is 0 Å². The molecule has 30 heavy (non-hydrogen) atoms. The fraction of sp³-hybridized carbons (Fsp3) is 0. The van der Waals surface area contributed by atoms with Gasteiger partial charge < -0.3 is 0 Å². The van der Waals surface area contributed by atoms with Crippen molar-refractivity contribution in [2.45, 2.75) is 0 Å². The van der Waals surface area contributed by atoms with Crippen molar-refractivity contribution >= 4 is 76.6 Å². The molecule has 0 aliphatic carbocycles. The van der Waals surface area contributed by atoms with Gasteiger partial charge in [0.05, 0.1) is 0 Å². The average Bonchev–Trinajstić information content (AvgIpc) is 2.72. The van der Waals surface area contributed by atoms with Gasteiger partial charge in [-0.15, -0.1) is 0 Å². The molecule has 0 aliphatic heterocycles. The van der Waals surface area contributed by atoms with E-state index >= 15 is 0 Å². The second-order valence-corrected chi connectivity index (χ2v) is 9.87. The largest absolute Gasteiger partial charge is 0.0836 e. The lowest BCUT2D eigenvalue weighted by Gasteiger charge is -2.12. The van der Waals surface area contributed by atoms with Gasteiger partial charge in [0.1, 0.15) is 0 Å². The van der Waals surface area contributed by atoms with E-state index in [2.05, 4.69) is 92.5 Å². The van der Waals surface area contributed by atoms with Gasteiger partial charge in [-0.1, -0.05) is 85.4 Å². The lowest BCUT2D eigenvalue weighted by molar-refractivity contribution is 1.60. The van der Waals surface area contributed by atoms with Gasteiger partial charge in [0.15, 0.2) is 0 Å². The molecule has 0 aliphatic rings. The van der Waals surface area contributed by atoms with Crippen LogP contribution < -0.4 is 0 Å². The Labute approximate surface area is 201 Å². The molecule has 5 aromatic carbocycles. The van der Waals surface area contributed by atoms with Crippen molar-refractivity contribution in [3.8, 4) is 22.3 Å². The minimum absolute atomic E-state index is 0.729. The van der Waals surface area contributed by atoms with Gasteiger partial charge in [-0.25, -0.2) is 0 Å². The lowest BCUT2D eigenvalue weighted by atomic mass is 9.96. The minimum Gasteiger partial charge on any atom is -0.0836 e. The topological polar surface area (TPSA) is 0 Å². The molecule has 146 valence electrons. The summed E-state index contributed by atoms with van der Waals surface area (Å²) in [4.78, 5) is 0. The smallest absolute Gasteiger partial charge is 0.0490 e. The zero-order valence-electron chi connectivity index (χ0n) is 15.6. The van der Waals surface area contributed by atoms with E-state index in [-0.39, 0.29) is 0 Å². The predicted octanol–water partition coefficient (Wildman–Crippen LogP) is 10.2. The van der Waals surface area contributed by atoms with Crippen LogP contribution in [0.5, 0.6) is 0 Å². The molecule has 0 heterocycles. The van der Waals surface area contributed by atoms with E-state index in [1.807, 2.05) is 24.3 Å². The number of benzene rings is 5. The molecule has 0 atom stereocenters. The summed E-state index contributed by atoms with van der Waals surface area (Å²) >= 11 is 20.4. The molecular formula is C26H14Br2Cl2. The van der Waals surface area contributed by atoms with Crippen LogP contribution in [0.2, 0.25) is 10.0 Å². The third-order valence-electron chi connectivity index (χ3n) is 5.26. The summed E-state index contributed by atoms with van der Waals surface area (Å²) in [5.74, 6) is 0. The molecule has 0 unspecified atom stereocenters. The highest BCUT2D eigenvalue weighted by molar-refractivity contribution is 9.10. The van der Waals surface area contributed by atoms with Gasteiger partial charge >= 0.3 is 0 Å². The van der Waals surface area contributed by atoms with Crippen molar-refractivity contribution in [3.05, 3.63) is 104 Å². The number of hydrogen-bond donors (Lipinski definition) is 0. The third-order valence-corrected chi connectivity index (χ3v) is 6.87. The van der Waals surface area contributed by atoms with E-state index in [4.69, 9.17) is 23.2 Å². The summed E-state index contributed by atoms with van der Waals surface area (Å²) in [6, 6.07) is 29.1. The molecular weight excluding hydrogens is 543 g/mol. The first-order valence-electron chi connectivity index (χ1n) is 9.36. The van der Waals surface area contributed by atoms with Crippen molar-refractivity contribution in [1.82, 2.24) is 0 Å². The van der Waals surface area contributed by atoms with Crippen molar-refractivity contribution in [2.24, 2.45) is 0 Å². The van der Waals surface area contributed by atoms with Crippen LogP contribution in [0.3, 0.4) is 0 Å². The normalized spacial score (nSPS) is 11.3. The molecule has 4 heteroatoms. The van der Waals surface area contributed by atoms with Crippen LogP contribution in [0.25, 0.3) is 43.8 Å². The second kappa shape index (κ2) is 8.01. The Bertz CT molecular complexity index is 1330. The standard InChI is InChI=1S/C26H14Br2Cl2/c27-21-6-4-15-11-23(25(29)13-19(15)9-21)17-2-1-3-18(8-17)24-12-16-5-7-22(28)10-20(16)14-26(24)30/h1-14H. The van der Waals surface area contributed by atoms with Gasteiger partial charge in [0.25, 0.3) is 0 Å². The summed E-state index contributed by atoms with van der Waals surface area (Å²) in [7, 11) is 0. The quantitative estimate of drug-likeness (QED) is 0.203. The SMILES string of the molecule is Clc1cc2cc(Br)ccc2cc1-c1cccc(-c2cc3ccc(Br)cc3cc2Cl)c1. The zero-order chi connectivity index (χ0) is 20.8. The van der Waals surface area contributed by atoms with E-state index < -0.39 is 0 Å². The van der Waals surface area contributed by atoms with Crippen molar-refractivity contribution in [3.63, 3.8) is 0 Å². The van der Waals surface area contributed by atoms with Crippen LogP contribution in [0, 0.1) is 0 Å². The first kappa shape index (κ1) is 20.1. The van der Waals surface area contributed by atoms with Crippen molar-refractivity contribution in [2.75, 3.05) is 0 Å². The number of hydrogen-bond acceptors (Lipinski definition) is 0.